The normalized spacial score (nSPS) is 11.7. The first-order valence-corrected chi connectivity index (χ1v) is 9.62. The van der Waals surface area contributed by atoms with Crippen molar-refractivity contribution in [2.24, 2.45) is 0 Å². The van der Waals surface area contributed by atoms with Crippen LogP contribution in [0.5, 0.6) is 0 Å². The van der Waals surface area contributed by atoms with E-state index in [1.54, 1.807) is 11.3 Å². The minimum absolute atomic E-state index is 0.598. The highest BCUT2D eigenvalue weighted by atomic mass is 32.1. The SMILES string of the molecule is Cc1ccc(-n2c(C)cc(/C=C(\C#N)c3nc4ccccc4s3)c2C)cc1. The van der Waals surface area contributed by atoms with Gasteiger partial charge in [0.2, 0.25) is 0 Å². The molecule has 0 aliphatic rings. The van der Waals surface area contributed by atoms with Gasteiger partial charge in [0.15, 0.2) is 0 Å². The highest BCUT2D eigenvalue weighted by Gasteiger charge is 2.13. The van der Waals surface area contributed by atoms with Crippen molar-refractivity contribution in [2.75, 3.05) is 0 Å². The van der Waals surface area contributed by atoms with E-state index in [1.165, 1.54) is 5.56 Å². The van der Waals surface area contributed by atoms with Crippen LogP contribution < -0.4 is 0 Å². The van der Waals surface area contributed by atoms with Gasteiger partial charge < -0.3 is 4.57 Å². The van der Waals surface area contributed by atoms with Crippen LogP contribution in [0.2, 0.25) is 0 Å². The molecule has 4 heteroatoms. The van der Waals surface area contributed by atoms with Crippen LogP contribution in [0.3, 0.4) is 0 Å². The van der Waals surface area contributed by atoms with Crippen LogP contribution in [-0.2, 0) is 0 Å². The van der Waals surface area contributed by atoms with E-state index < -0.39 is 0 Å². The lowest BCUT2D eigenvalue weighted by Gasteiger charge is -2.10. The van der Waals surface area contributed by atoms with Gasteiger partial charge in [-0.1, -0.05) is 29.8 Å². The minimum atomic E-state index is 0.598. The van der Waals surface area contributed by atoms with E-state index in [-0.39, 0.29) is 0 Å². The average Bonchev–Trinajstić information content (AvgIpc) is 3.21. The summed E-state index contributed by atoms with van der Waals surface area (Å²) in [5.41, 5.74) is 7.21. The van der Waals surface area contributed by atoms with Crippen LogP contribution in [0.4, 0.5) is 0 Å². The number of aromatic nitrogens is 2. The van der Waals surface area contributed by atoms with Gasteiger partial charge in [-0.2, -0.15) is 5.26 Å². The van der Waals surface area contributed by atoms with Crippen molar-refractivity contribution in [3.05, 3.63) is 82.1 Å². The van der Waals surface area contributed by atoms with Crippen LogP contribution in [0, 0.1) is 32.1 Å². The maximum Gasteiger partial charge on any atom is 0.135 e. The van der Waals surface area contributed by atoms with Gasteiger partial charge in [-0.3, -0.25) is 0 Å². The lowest BCUT2D eigenvalue weighted by Crippen LogP contribution is -1.98. The Morgan fingerprint density at radius 2 is 1.81 bits per heavy atom. The van der Waals surface area contributed by atoms with E-state index in [1.807, 2.05) is 30.3 Å². The number of nitriles is 1. The molecule has 2 heterocycles. The number of fused-ring (bicyclic) bond motifs is 1. The fraction of sp³-hybridized carbons (Fsp3) is 0.130. The molecule has 0 N–H and O–H groups in total. The summed E-state index contributed by atoms with van der Waals surface area (Å²) in [6.45, 7) is 6.27. The van der Waals surface area contributed by atoms with Crippen LogP contribution in [0.25, 0.3) is 27.6 Å². The molecule has 0 unspecified atom stereocenters. The Hall–Kier alpha value is -3.16. The number of hydrogen-bond donors (Lipinski definition) is 0. The molecular formula is C23H19N3S. The Balaban J connectivity index is 1.79. The summed E-state index contributed by atoms with van der Waals surface area (Å²) in [5.74, 6) is 0. The first-order valence-electron chi connectivity index (χ1n) is 8.80. The van der Waals surface area contributed by atoms with Gasteiger partial charge >= 0.3 is 0 Å². The van der Waals surface area contributed by atoms with Crippen LogP contribution in [0.1, 0.15) is 27.5 Å². The number of rotatable bonds is 3. The molecule has 0 saturated carbocycles. The number of allylic oxidation sites excluding steroid dienone is 1. The van der Waals surface area contributed by atoms with Crippen LogP contribution in [0.15, 0.2) is 54.6 Å². The molecule has 132 valence electrons. The molecule has 2 aromatic heterocycles. The largest absolute Gasteiger partial charge is 0.318 e. The molecule has 2 aromatic carbocycles. The Labute approximate surface area is 162 Å². The topological polar surface area (TPSA) is 41.6 Å². The van der Waals surface area contributed by atoms with Crippen LogP contribution >= 0.6 is 11.3 Å². The van der Waals surface area contributed by atoms with Gasteiger partial charge in [0.05, 0.1) is 15.8 Å². The third kappa shape index (κ3) is 3.18. The Kier molecular flexibility index (Phi) is 4.39. The van der Waals surface area contributed by atoms with E-state index in [4.69, 9.17) is 0 Å². The zero-order chi connectivity index (χ0) is 19.0. The van der Waals surface area contributed by atoms with Gasteiger partial charge in [0, 0.05) is 17.1 Å². The number of nitrogens with zero attached hydrogens (tertiary/aromatic N) is 3. The highest BCUT2D eigenvalue weighted by molar-refractivity contribution is 7.19. The Morgan fingerprint density at radius 1 is 1.07 bits per heavy atom. The quantitative estimate of drug-likeness (QED) is 0.411. The lowest BCUT2D eigenvalue weighted by atomic mass is 10.1. The molecule has 0 aliphatic heterocycles. The molecule has 0 bridgehead atoms. The van der Waals surface area contributed by atoms with Gasteiger partial charge in [-0.25, -0.2) is 4.98 Å². The van der Waals surface area contributed by atoms with Crippen molar-refractivity contribution < 1.29 is 0 Å². The van der Waals surface area contributed by atoms with Gasteiger partial charge in [-0.05, 0) is 62.7 Å². The third-order valence-corrected chi connectivity index (χ3v) is 5.78. The van der Waals surface area contributed by atoms with E-state index >= 15 is 0 Å². The first-order chi connectivity index (χ1) is 13.1. The molecule has 0 atom stereocenters. The Bertz CT molecular complexity index is 1170. The Morgan fingerprint density at radius 3 is 2.52 bits per heavy atom. The molecule has 0 radical (unpaired) electrons. The predicted molar refractivity (Wildman–Crippen MR) is 113 cm³/mol. The highest BCUT2D eigenvalue weighted by Crippen LogP contribution is 2.30. The molecular weight excluding hydrogens is 350 g/mol. The molecule has 0 fully saturated rings. The zero-order valence-electron chi connectivity index (χ0n) is 15.5. The average molecular weight is 369 g/mol. The number of para-hydroxylation sites is 1. The molecule has 0 saturated heterocycles. The third-order valence-electron chi connectivity index (χ3n) is 4.71. The van der Waals surface area contributed by atoms with Gasteiger partial charge in [-0.15, -0.1) is 11.3 Å². The summed E-state index contributed by atoms with van der Waals surface area (Å²) >= 11 is 1.56. The monoisotopic (exact) mass is 369 g/mol. The van der Waals surface area contributed by atoms with Crippen LogP contribution in [-0.4, -0.2) is 9.55 Å². The maximum atomic E-state index is 9.72. The number of benzene rings is 2. The van der Waals surface area contributed by atoms with Crippen molar-refractivity contribution >= 4 is 33.2 Å². The second-order valence-electron chi connectivity index (χ2n) is 6.65. The molecule has 27 heavy (non-hydrogen) atoms. The number of aryl methyl sites for hydroxylation is 2. The smallest absolute Gasteiger partial charge is 0.135 e. The summed E-state index contributed by atoms with van der Waals surface area (Å²) in [6.07, 6.45) is 1.95. The van der Waals surface area contributed by atoms with Gasteiger partial charge in [0.25, 0.3) is 0 Å². The molecule has 3 nitrogen and oxygen atoms in total. The summed E-state index contributed by atoms with van der Waals surface area (Å²) in [5, 5.41) is 10.5. The summed E-state index contributed by atoms with van der Waals surface area (Å²) in [4.78, 5) is 4.63. The molecule has 4 rings (SSSR count). The maximum absolute atomic E-state index is 9.72. The van der Waals surface area contributed by atoms with Gasteiger partial charge in [0.1, 0.15) is 11.1 Å². The summed E-state index contributed by atoms with van der Waals surface area (Å²) in [6, 6.07) is 20.9. The number of thiazole rings is 1. The second-order valence-corrected chi connectivity index (χ2v) is 7.68. The van der Waals surface area contributed by atoms with E-state index in [9.17, 15) is 5.26 Å². The molecule has 0 amide bonds. The standard InChI is InChI=1S/C23H19N3S/c1-15-8-10-20(11-9-15)26-16(2)12-18(17(26)3)13-19(14-24)23-25-21-6-4-5-7-22(21)27-23/h4-13H,1-3H3/b19-13+. The molecule has 0 spiro atoms. The summed E-state index contributed by atoms with van der Waals surface area (Å²) in [7, 11) is 0. The first kappa shape index (κ1) is 17.3. The minimum Gasteiger partial charge on any atom is -0.318 e. The zero-order valence-corrected chi connectivity index (χ0v) is 16.3. The predicted octanol–water partition coefficient (Wildman–Crippen LogP) is 6.08. The number of hydrogen-bond acceptors (Lipinski definition) is 3. The molecule has 0 aliphatic carbocycles. The molecule has 4 aromatic rings. The van der Waals surface area contributed by atoms with Crippen molar-refractivity contribution in [2.45, 2.75) is 20.8 Å². The van der Waals surface area contributed by atoms with E-state index in [0.717, 1.165) is 37.9 Å². The van der Waals surface area contributed by atoms with Crippen molar-refractivity contribution in [1.82, 2.24) is 9.55 Å². The lowest BCUT2D eigenvalue weighted by molar-refractivity contribution is 0.963. The van der Waals surface area contributed by atoms with E-state index in [0.29, 0.717) is 5.57 Å². The van der Waals surface area contributed by atoms with Crippen molar-refractivity contribution in [1.29, 1.82) is 5.26 Å². The van der Waals surface area contributed by atoms with E-state index in [2.05, 4.69) is 66.7 Å². The second kappa shape index (κ2) is 6.86. The fourth-order valence-corrected chi connectivity index (χ4v) is 4.24. The summed E-state index contributed by atoms with van der Waals surface area (Å²) < 4.78 is 3.32. The van der Waals surface area contributed by atoms with Crippen molar-refractivity contribution in [3.63, 3.8) is 0 Å². The fourth-order valence-electron chi connectivity index (χ4n) is 3.31. The van der Waals surface area contributed by atoms with Crippen molar-refractivity contribution in [3.8, 4) is 11.8 Å².